The van der Waals surface area contributed by atoms with E-state index in [4.69, 9.17) is 12.2 Å². The maximum atomic E-state index is 12.9. The molecule has 2 aromatic carbocycles. The Hall–Kier alpha value is -2.27. The second-order valence-corrected chi connectivity index (χ2v) is 4.50. The molecule has 2 N–H and O–H groups in total. The molecule has 0 aliphatic carbocycles. The van der Waals surface area contributed by atoms with Gasteiger partial charge >= 0.3 is 0 Å². The normalized spacial score (nSPS) is 10.4. The van der Waals surface area contributed by atoms with Gasteiger partial charge < -0.3 is 5.32 Å². The number of hydrogen-bond acceptors (Lipinski definition) is 2. The van der Waals surface area contributed by atoms with E-state index < -0.39 is 0 Å². The lowest BCUT2D eigenvalue weighted by atomic mass is 10.2. The third-order valence-corrected chi connectivity index (χ3v) is 2.76. The van der Waals surface area contributed by atoms with E-state index >= 15 is 0 Å². The first kappa shape index (κ1) is 14.1. The van der Waals surface area contributed by atoms with Crippen molar-refractivity contribution in [3.05, 3.63) is 71.5 Å². The molecule has 0 saturated carbocycles. The highest BCUT2D eigenvalue weighted by Crippen LogP contribution is 2.00. The Morgan fingerprint density at radius 2 is 1.95 bits per heavy atom. The molecule has 0 heterocycles. The van der Waals surface area contributed by atoms with Crippen LogP contribution in [0.25, 0.3) is 0 Å². The van der Waals surface area contributed by atoms with Crippen LogP contribution in [0, 0.1) is 5.82 Å². The Kier molecular flexibility index (Phi) is 5.20. The number of benzene rings is 2. The van der Waals surface area contributed by atoms with Crippen molar-refractivity contribution in [3.8, 4) is 0 Å². The van der Waals surface area contributed by atoms with Crippen LogP contribution in [0.2, 0.25) is 0 Å². The van der Waals surface area contributed by atoms with E-state index in [0.717, 1.165) is 5.56 Å². The van der Waals surface area contributed by atoms with Crippen molar-refractivity contribution >= 4 is 23.5 Å². The predicted octanol–water partition coefficient (Wildman–Crippen LogP) is 2.82. The lowest BCUT2D eigenvalue weighted by Crippen LogP contribution is -2.31. The van der Waals surface area contributed by atoms with Gasteiger partial charge in [0.15, 0.2) is 5.11 Å². The van der Waals surface area contributed by atoms with Crippen molar-refractivity contribution < 1.29 is 4.39 Å². The van der Waals surface area contributed by atoms with E-state index in [2.05, 4.69) is 15.8 Å². The zero-order valence-corrected chi connectivity index (χ0v) is 11.5. The Bertz CT molecular complexity index is 599. The van der Waals surface area contributed by atoms with Crippen LogP contribution in [-0.4, -0.2) is 11.3 Å². The second kappa shape index (κ2) is 7.35. The summed E-state index contributed by atoms with van der Waals surface area (Å²) in [4.78, 5) is 0. The van der Waals surface area contributed by atoms with Gasteiger partial charge in [-0.25, -0.2) is 4.39 Å². The van der Waals surface area contributed by atoms with Gasteiger partial charge in [-0.2, -0.15) is 5.10 Å². The largest absolute Gasteiger partial charge is 0.357 e. The van der Waals surface area contributed by atoms with Gasteiger partial charge in [-0.1, -0.05) is 42.5 Å². The second-order valence-electron chi connectivity index (χ2n) is 4.09. The highest BCUT2D eigenvalue weighted by Gasteiger charge is 1.95. The lowest BCUT2D eigenvalue weighted by molar-refractivity contribution is 0.627. The van der Waals surface area contributed by atoms with Crippen LogP contribution in [0.4, 0.5) is 4.39 Å². The Labute approximate surface area is 122 Å². The maximum absolute atomic E-state index is 12.9. The average Bonchev–Trinajstić information content (AvgIpc) is 2.46. The lowest BCUT2D eigenvalue weighted by Gasteiger charge is -2.06. The molecule has 20 heavy (non-hydrogen) atoms. The van der Waals surface area contributed by atoms with E-state index in [9.17, 15) is 4.39 Å². The van der Waals surface area contributed by atoms with Crippen molar-refractivity contribution in [2.45, 2.75) is 6.54 Å². The molecule has 2 aromatic rings. The number of thiocarbonyl (C=S) groups is 1. The SMILES string of the molecule is Fc1cccc(/C=N/NC(=S)NCc2ccccc2)c1. The van der Waals surface area contributed by atoms with Gasteiger partial charge in [-0.15, -0.1) is 0 Å². The first-order chi connectivity index (χ1) is 9.74. The van der Waals surface area contributed by atoms with Crippen molar-refractivity contribution in [2.24, 2.45) is 5.10 Å². The van der Waals surface area contributed by atoms with Crippen molar-refractivity contribution in [2.75, 3.05) is 0 Å². The molecule has 0 amide bonds. The minimum atomic E-state index is -0.293. The molecule has 2 rings (SSSR count). The summed E-state index contributed by atoms with van der Waals surface area (Å²) in [6.07, 6.45) is 1.51. The van der Waals surface area contributed by atoms with Gasteiger partial charge in [0.1, 0.15) is 5.82 Å². The summed E-state index contributed by atoms with van der Waals surface area (Å²) in [5.41, 5.74) is 4.49. The standard InChI is InChI=1S/C15H14FN3S/c16-14-8-4-7-13(9-14)11-18-19-15(20)17-10-12-5-2-1-3-6-12/h1-9,11H,10H2,(H2,17,19,20)/b18-11+. The number of nitrogens with zero attached hydrogens (tertiary/aromatic N) is 1. The van der Waals surface area contributed by atoms with E-state index in [0.29, 0.717) is 17.2 Å². The van der Waals surface area contributed by atoms with Crippen LogP contribution in [0.3, 0.4) is 0 Å². The smallest absolute Gasteiger partial charge is 0.187 e. The van der Waals surface area contributed by atoms with Crippen LogP contribution >= 0.6 is 12.2 Å². The Balaban J connectivity index is 1.78. The molecule has 0 atom stereocenters. The molecule has 3 nitrogen and oxygen atoms in total. The summed E-state index contributed by atoms with van der Waals surface area (Å²) in [6, 6.07) is 16.1. The van der Waals surface area contributed by atoms with Crippen LogP contribution in [0.15, 0.2) is 59.7 Å². The summed E-state index contributed by atoms with van der Waals surface area (Å²) in [5.74, 6) is -0.293. The maximum Gasteiger partial charge on any atom is 0.187 e. The number of hydrogen-bond donors (Lipinski definition) is 2. The van der Waals surface area contributed by atoms with E-state index in [1.165, 1.54) is 18.3 Å². The molecule has 0 unspecified atom stereocenters. The first-order valence-electron chi connectivity index (χ1n) is 6.10. The van der Waals surface area contributed by atoms with Crippen LogP contribution in [0.1, 0.15) is 11.1 Å². The van der Waals surface area contributed by atoms with Crippen molar-refractivity contribution in [3.63, 3.8) is 0 Å². The summed E-state index contributed by atoms with van der Waals surface area (Å²) in [7, 11) is 0. The summed E-state index contributed by atoms with van der Waals surface area (Å²) in [6.45, 7) is 0.627. The molecule has 0 aliphatic heterocycles. The quantitative estimate of drug-likeness (QED) is 0.516. The predicted molar refractivity (Wildman–Crippen MR) is 83.0 cm³/mol. The fourth-order valence-corrected chi connectivity index (χ4v) is 1.69. The van der Waals surface area contributed by atoms with Gasteiger partial charge in [-0.05, 0) is 35.5 Å². The number of halogens is 1. The molecule has 0 aromatic heterocycles. The minimum Gasteiger partial charge on any atom is -0.357 e. The van der Waals surface area contributed by atoms with Crippen molar-refractivity contribution in [1.82, 2.24) is 10.7 Å². The van der Waals surface area contributed by atoms with Gasteiger partial charge in [0, 0.05) is 6.54 Å². The molecule has 102 valence electrons. The zero-order chi connectivity index (χ0) is 14.2. The molecule has 5 heteroatoms. The van der Waals surface area contributed by atoms with E-state index in [1.54, 1.807) is 12.1 Å². The monoisotopic (exact) mass is 287 g/mol. The van der Waals surface area contributed by atoms with Gasteiger partial charge in [-0.3, -0.25) is 5.43 Å². The molecule has 0 aliphatic rings. The van der Waals surface area contributed by atoms with Crippen LogP contribution in [-0.2, 0) is 6.54 Å². The topological polar surface area (TPSA) is 36.4 Å². The molecule has 0 bridgehead atoms. The average molecular weight is 287 g/mol. The molecule has 0 radical (unpaired) electrons. The number of rotatable bonds is 4. The molecular formula is C15H14FN3S. The molecular weight excluding hydrogens is 273 g/mol. The highest BCUT2D eigenvalue weighted by molar-refractivity contribution is 7.80. The Morgan fingerprint density at radius 3 is 2.70 bits per heavy atom. The summed E-state index contributed by atoms with van der Waals surface area (Å²) in [5, 5.41) is 7.40. The van der Waals surface area contributed by atoms with Gasteiger partial charge in [0.2, 0.25) is 0 Å². The third-order valence-electron chi connectivity index (χ3n) is 2.52. The Morgan fingerprint density at radius 1 is 1.15 bits per heavy atom. The minimum absolute atomic E-state index is 0.293. The molecule has 0 saturated heterocycles. The van der Waals surface area contributed by atoms with Gasteiger partial charge in [0.25, 0.3) is 0 Å². The van der Waals surface area contributed by atoms with E-state index in [1.807, 2.05) is 30.3 Å². The third kappa shape index (κ3) is 4.78. The fourth-order valence-electron chi connectivity index (χ4n) is 1.57. The van der Waals surface area contributed by atoms with Crippen molar-refractivity contribution in [1.29, 1.82) is 0 Å². The zero-order valence-electron chi connectivity index (χ0n) is 10.7. The summed E-state index contributed by atoms with van der Waals surface area (Å²) >= 11 is 5.08. The van der Waals surface area contributed by atoms with E-state index in [-0.39, 0.29) is 5.82 Å². The first-order valence-corrected chi connectivity index (χ1v) is 6.51. The van der Waals surface area contributed by atoms with Crippen LogP contribution in [0.5, 0.6) is 0 Å². The number of nitrogens with one attached hydrogen (secondary N) is 2. The molecule has 0 spiro atoms. The number of hydrazone groups is 1. The highest BCUT2D eigenvalue weighted by atomic mass is 32.1. The fraction of sp³-hybridized carbons (Fsp3) is 0.0667. The summed E-state index contributed by atoms with van der Waals surface area (Å²) < 4.78 is 12.9. The van der Waals surface area contributed by atoms with Crippen LogP contribution < -0.4 is 10.7 Å². The molecule has 0 fully saturated rings. The van der Waals surface area contributed by atoms with Gasteiger partial charge in [0.05, 0.1) is 6.21 Å².